The molecule has 0 aliphatic heterocycles. The Morgan fingerprint density at radius 1 is 0.923 bits per heavy atom. The zero-order chi connectivity index (χ0) is 9.00. The van der Waals surface area contributed by atoms with Gasteiger partial charge in [0, 0.05) is 0 Å². The maximum Gasteiger partial charge on any atom is 0.0790 e. The number of rotatable bonds is 1. The maximum atomic E-state index is 5.79. The number of nitrogens with two attached hydrogens (primary N) is 2. The van der Waals surface area contributed by atoms with Gasteiger partial charge in [-0.3, -0.25) is 0 Å². The summed E-state index contributed by atoms with van der Waals surface area (Å²) in [6.45, 7) is 0. The minimum Gasteiger partial charge on any atom is -0.312 e. The predicted octanol–water partition coefficient (Wildman–Crippen LogP) is 0.800. The predicted molar refractivity (Wildman–Crippen MR) is 52.4 cm³/mol. The van der Waals surface area contributed by atoms with Crippen molar-refractivity contribution in [2.24, 2.45) is 11.5 Å². The third-order valence-corrected chi connectivity index (χ3v) is 3.39. The third-order valence-electron chi connectivity index (χ3n) is 3.39. The molecule has 0 radical (unpaired) electrons. The van der Waals surface area contributed by atoms with Gasteiger partial charge in [0.05, 0.1) is 6.17 Å². The minimum atomic E-state index is -0.267. The molecule has 4 N–H and O–H groups in total. The Hall–Kier alpha value is -0.860. The molecule has 0 saturated carbocycles. The van der Waals surface area contributed by atoms with E-state index in [-0.39, 0.29) is 6.17 Å². The summed E-state index contributed by atoms with van der Waals surface area (Å²) in [5.74, 6) is 0. The highest BCUT2D eigenvalue weighted by atomic mass is 14.9. The van der Waals surface area contributed by atoms with Crippen molar-refractivity contribution in [1.82, 2.24) is 0 Å². The molecule has 0 amide bonds. The SMILES string of the molecule is NC(N)c1c2cc3c(c1CC3)CC2. The van der Waals surface area contributed by atoms with Gasteiger partial charge in [-0.2, -0.15) is 0 Å². The zero-order valence-electron chi connectivity index (χ0n) is 7.64. The van der Waals surface area contributed by atoms with E-state index in [0.717, 1.165) is 6.42 Å². The second kappa shape index (κ2) is 2.34. The minimum absolute atomic E-state index is 0.267. The Labute approximate surface area is 77.9 Å². The molecule has 0 spiro atoms. The summed E-state index contributed by atoms with van der Waals surface area (Å²) in [6.07, 6.45) is 4.50. The number of aryl methyl sites for hydroxylation is 2. The molecule has 0 saturated heterocycles. The number of hydrogen-bond acceptors (Lipinski definition) is 2. The molecule has 4 rings (SSSR count). The topological polar surface area (TPSA) is 52.0 Å². The lowest BCUT2D eigenvalue weighted by molar-refractivity contribution is 0.726. The van der Waals surface area contributed by atoms with Gasteiger partial charge in [0.1, 0.15) is 0 Å². The van der Waals surface area contributed by atoms with Crippen molar-refractivity contribution in [3.8, 4) is 0 Å². The highest BCUT2D eigenvalue weighted by Gasteiger charge is 2.28. The van der Waals surface area contributed by atoms with Crippen LogP contribution in [0.2, 0.25) is 0 Å². The average Bonchev–Trinajstić information content (AvgIpc) is 2.44. The van der Waals surface area contributed by atoms with Crippen molar-refractivity contribution in [2.45, 2.75) is 31.8 Å². The number of fused-ring (bicyclic) bond motifs is 1. The third kappa shape index (κ3) is 0.847. The Kier molecular flexibility index (Phi) is 1.35. The van der Waals surface area contributed by atoms with Gasteiger partial charge in [-0.05, 0) is 53.5 Å². The summed E-state index contributed by atoms with van der Waals surface area (Å²) in [5.41, 5.74) is 18.8. The van der Waals surface area contributed by atoms with Gasteiger partial charge in [0.25, 0.3) is 0 Å². The van der Waals surface area contributed by atoms with Crippen LogP contribution in [0.15, 0.2) is 6.07 Å². The molecule has 1 aromatic rings. The first-order valence-corrected chi connectivity index (χ1v) is 4.95. The van der Waals surface area contributed by atoms with Crippen LogP contribution in [-0.4, -0.2) is 0 Å². The first-order valence-electron chi connectivity index (χ1n) is 4.95. The van der Waals surface area contributed by atoms with Gasteiger partial charge in [0.2, 0.25) is 0 Å². The van der Waals surface area contributed by atoms with Crippen LogP contribution in [-0.2, 0) is 25.7 Å². The van der Waals surface area contributed by atoms with Crippen molar-refractivity contribution in [3.05, 3.63) is 33.9 Å². The van der Waals surface area contributed by atoms with E-state index in [0.29, 0.717) is 0 Å². The molecule has 2 heteroatoms. The highest BCUT2D eigenvalue weighted by molar-refractivity contribution is 5.55. The monoisotopic (exact) mass is 174 g/mol. The fraction of sp³-hybridized carbons (Fsp3) is 0.455. The van der Waals surface area contributed by atoms with Crippen LogP contribution in [0.4, 0.5) is 0 Å². The first kappa shape index (κ1) is 7.54. The van der Waals surface area contributed by atoms with Crippen molar-refractivity contribution in [3.63, 3.8) is 0 Å². The quantitative estimate of drug-likeness (QED) is 0.619. The lowest BCUT2D eigenvalue weighted by Crippen LogP contribution is -2.25. The first-order chi connectivity index (χ1) is 6.27. The van der Waals surface area contributed by atoms with Crippen LogP contribution in [0.25, 0.3) is 0 Å². The molecule has 3 aliphatic rings. The maximum absolute atomic E-state index is 5.79. The Morgan fingerprint density at radius 3 is 2.38 bits per heavy atom. The van der Waals surface area contributed by atoms with Gasteiger partial charge in [-0.25, -0.2) is 0 Å². The molecule has 68 valence electrons. The van der Waals surface area contributed by atoms with Crippen LogP contribution in [0.1, 0.15) is 34.0 Å². The molecule has 0 heterocycles. The zero-order valence-corrected chi connectivity index (χ0v) is 7.64. The van der Waals surface area contributed by atoms with E-state index in [4.69, 9.17) is 11.5 Å². The molecule has 0 atom stereocenters. The van der Waals surface area contributed by atoms with Gasteiger partial charge in [0.15, 0.2) is 0 Å². The summed E-state index contributed by atoms with van der Waals surface area (Å²) < 4.78 is 0. The fourth-order valence-corrected chi connectivity index (χ4v) is 2.89. The van der Waals surface area contributed by atoms with Crippen LogP contribution in [0, 0.1) is 0 Å². The van der Waals surface area contributed by atoms with E-state index >= 15 is 0 Å². The molecular formula is C11H14N2. The molecule has 0 fully saturated rings. The summed E-state index contributed by atoms with van der Waals surface area (Å²) in [5, 5.41) is 0. The molecule has 13 heavy (non-hydrogen) atoms. The lowest BCUT2D eigenvalue weighted by atomic mass is 9.84. The molecule has 1 aromatic carbocycles. The smallest absolute Gasteiger partial charge is 0.0790 e. The van der Waals surface area contributed by atoms with Gasteiger partial charge in [-0.1, -0.05) is 6.07 Å². The normalized spacial score (nSPS) is 17.5. The van der Waals surface area contributed by atoms with E-state index in [1.165, 1.54) is 36.0 Å². The summed E-state index contributed by atoms with van der Waals surface area (Å²) in [6, 6.07) is 2.32. The fourth-order valence-electron chi connectivity index (χ4n) is 2.89. The molecule has 4 bridgehead atoms. The molecule has 2 nitrogen and oxygen atoms in total. The Bertz CT molecular complexity index is 380. The highest BCUT2D eigenvalue weighted by Crippen LogP contribution is 2.38. The van der Waals surface area contributed by atoms with Crippen molar-refractivity contribution in [2.75, 3.05) is 0 Å². The number of benzene rings is 1. The summed E-state index contributed by atoms with van der Waals surface area (Å²) >= 11 is 0. The Balaban J connectivity index is 2.31. The van der Waals surface area contributed by atoms with E-state index in [1.54, 1.807) is 11.1 Å². The van der Waals surface area contributed by atoms with Crippen LogP contribution in [0.5, 0.6) is 0 Å². The van der Waals surface area contributed by atoms with Crippen molar-refractivity contribution < 1.29 is 0 Å². The molecular weight excluding hydrogens is 160 g/mol. The summed E-state index contributed by atoms with van der Waals surface area (Å²) in [4.78, 5) is 0. The largest absolute Gasteiger partial charge is 0.312 e. The second-order valence-electron chi connectivity index (χ2n) is 4.09. The van der Waals surface area contributed by atoms with E-state index in [9.17, 15) is 0 Å². The molecule has 0 aromatic heterocycles. The summed E-state index contributed by atoms with van der Waals surface area (Å²) in [7, 11) is 0. The standard InChI is InChI=1S/C11H14N2/c12-11(13)10-7-2-3-8-6(5-7)1-4-9(8)10/h5,11H,1-4,12-13H2. The lowest BCUT2D eigenvalue weighted by Gasteiger charge is -2.23. The van der Waals surface area contributed by atoms with E-state index in [2.05, 4.69) is 6.07 Å². The van der Waals surface area contributed by atoms with Crippen LogP contribution < -0.4 is 11.5 Å². The van der Waals surface area contributed by atoms with Crippen molar-refractivity contribution >= 4 is 0 Å². The molecule has 0 unspecified atom stereocenters. The van der Waals surface area contributed by atoms with Gasteiger partial charge in [-0.15, -0.1) is 0 Å². The van der Waals surface area contributed by atoms with Crippen molar-refractivity contribution in [1.29, 1.82) is 0 Å². The van der Waals surface area contributed by atoms with Crippen LogP contribution >= 0.6 is 0 Å². The van der Waals surface area contributed by atoms with E-state index in [1.807, 2.05) is 0 Å². The van der Waals surface area contributed by atoms with Gasteiger partial charge >= 0.3 is 0 Å². The average molecular weight is 174 g/mol. The molecule has 3 aliphatic carbocycles. The van der Waals surface area contributed by atoms with E-state index < -0.39 is 0 Å². The second-order valence-corrected chi connectivity index (χ2v) is 4.09. The van der Waals surface area contributed by atoms with Crippen LogP contribution in [0.3, 0.4) is 0 Å². The number of hydrogen-bond donors (Lipinski definition) is 2. The Morgan fingerprint density at radius 2 is 1.62 bits per heavy atom. The van der Waals surface area contributed by atoms with Gasteiger partial charge < -0.3 is 11.5 Å².